The first kappa shape index (κ1) is 11.6. The quantitative estimate of drug-likeness (QED) is 0.707. The van der Waals surface area contributed by atoms with Crippen LogP contribution in [0, 0.1) is 11.8 Å². The fourth-order valence-electron chi connectivity index (χ4n) is 1.79. The van der Waals surface area contributed by atoms with Crippen LogP contribution in [0.2, 0.25) is 0 Å². The summed E-state index contributed by atoms with van der Waals surface area (Å²) in [5, 5.41) is 0. The Morgan fingerprint density at radius 2 is 1.55 bits per heavy atom. The van der Waals surface area contributed by atoms with Gasteiger partial charge >= 0.3 is 0 Å². The summed E-state index contributed by atoms with van der Waals surface area (Å²) in [4.78, 5) is 0. The van der Waals surface area contributed by atoms with Gasteiger partial charge in [0.1, 0.15) is 0 Å². The molecular formula is C9H18NW-. The van der Waals surface area contributed by atoms with E-state index in [0.717, 1.165) is 24.7 Å². The van der Waals surface area contributed by atoms with Crippen molar-refractivity contribution in [2.45, 2.75) is 45.6 Å². The van der Waals surface area contributed by atoms with Crippen LogP contribution >= 0.6 is 0 Å². The molecule has 0 spiro atoms. The van der Waals surface area contributed by atoms with E-state index in [1.165, 1.54) is 12.8 Å². The van der Waals surface area contributed by atoms with Crippen LogP contribution in [0.15, 0.2) is 0 Å². The molecule has 11 heavy (non-hydrogen) atoms. The van der Waals surface area contributed by atoms with Crippen LogP contribution in [0.4, 0.5) is 0 Å². The molecule has 1 rings (SSSR count). The average molecular weight is 324 g/mol. The van der Waals surface area contributed by atoms with Crippen molar-refractivity contribution in [1.82, 2.24) is 0 Å². The van der Waals surface area contributed by atoms with E-state index < -0.39 is 0 Å². The average Bonchev–Trinajstić information content (AvgIpc) is 1.88. The second-order valence-corrected chi connectivity index (χ2v) is 3.86. The topological polar surface area (TPSA) is 23.8 Å². The predicted molar refractivity (Wildman–Crippen MR) is 44.9 cm³/mol. The third-order valence-electron chi connectivity index (χ3n) is 2.71. The Bertz CT molecular complexity index is 95.7. The Kier molecular flexibility index (Phi) is 5.64. The molecule has 0 radical (unpaired) electrons. The smallest absolute Gasteiger partial charge is 0 e. The van der Waals surface area contributed by atoms with Crippen molar-refractivity contribution in [3.8, 4) is 0 Å². The van der Waals surface area contributed by atoms with Crippen molar-refractivity contribution in [3.63, 3.8) is 0 Å². The molecule has 1 nitrogen and oxygen atoms in total. The van der Waals surface area contributed by atoms with E-state index in [1.807, 2.05) is 0 Å². The minimum atomic E-state index is 0. The Hall–Kier alpha value is 0.648. The summed E-state index contributed by atoms with van der Waals surface area (Å²) in [7, 11) is 0. The van der Waals surface area contributed by atoms with E-state index in [4.69, 9.17) is 5.73 Å². The summed E-state index contributed by atoms with van der Waals surface area (Å²) in [5.74, 6) is 1.76. The molecular weight excluding hydrogens is 306 g/mol. The third-order valence-corrected chi connectivity index (χ3v) is 2.71. The molecule has 1 aliphatic rings. The van der Waals surface area contributed by atoms with Gasteiger partial charge in [-0.3, -0.25) is 0 Å². The zero-order valence-corrected chi connectivity index (χ0v) is 10.4. The molecule has 1 aliphatic carbocycles. The van der Waals surface area contributed by atoms with E-state index in [2.05, 4.69) is 13.8 Å². The summed E-state index contributed by atoms with van der Waals surface area (Å²) in [6, 6.07) is 0.259. The van der Waals surface area contributed by atoms with Crippen LogP contribution in [-0.2, 0) is 21.1 Å². The second-order valence-electron chi connectivity index (χ2n) is 3.86. The molecule has 66 valence electrons. The van der Waals surface area contributed by atoms with Gasteiger partial charge < -0.3 is 5.73 Å². The van der Waals surface area contributed by atoms with Crippen LogP contribution in [0.1, 0.15) is 39.5 Å². The minimum Gasteiger partial charge on any atom is -0.675 e. The van der Waals surface area contributed by atoms with Crippen LogP contribution < -0.4 is 0 Å². The SMILES string of the molecule is CC(C)C1CCC([NH-])CC1.[W]. The van der Waals surface area contributed by atoms with Gasteiger partial charge in [0, 0.05) is 21.1 Å². The van der Waals surface area contributed by atoms with Gasteiger partial charge in [-0.15, -0.1) is 6.04 Å². The molecule has 0 atom stereocenters. The standard InChI is InChI=1S/C9H18N.W/c1-7(2)8-3-5-9(10)6-4-8;/h7-10H,3-6H2,1-2H3;/q-1;. The zero-order chi connectivity index (χ0) is 7.56. The van der Waals surface area contributed by atoms with Gasteiger partial charge in [-0.25, -0.2) is 0 Å². The molecule has 0 aromatic rings. The van der Waals surface area contributed by atoms with Crippen molar-refractivity contribution >= 4 is 0 Å². The van der Waals surface area contributed by atoms with Gasteiger partial charge in [0.25, 0.3) is 0 Å². The number of rotatable bonds is 1. The van der Waals surface area contributed by atoms with E-state index in [-0.39, 0.29) is 27.1 Å². The van der Waals surface area contributed by atoms with Crippen molar-refractivity contribution in [2.24, 2.45) is 11.8 Å². The summed E-state index contributed by atoms with van der Waals surface area (Å²) in [6.07, 6.45) is 4.88. The maximum absolute atomic E-state index is 7.50. The van der Waals surface area contributed by atoms with Gasteiger partial charge in [-0.2, -0.15) is 0 Å². The Morgan fingerprint density at radius 3 is 1.91 bits per heavy atom. The molecule has 0 aromatic carbocycles. The molecule has 1 fully saturated rings. The van der Waals surface area contributed by atoms with Crippen molar-refractivity contribution in [2.75, 3.05) is 0 Å². The maximum Gasteiger partial charge on any atom is 0 e. The summed E-state index contributed by atoms with van der Waals surface area (Å²) in [5.41, 5.74) is 7.50. The normalized spacial score (nSPS) is 31.6. The first-order valence-electron chi connectivity index (χ1n) is 4.41. The van der Waals surface area contributed by atoms with Crippen molar-refractivity contribution < 1.29 is 21.1 Å². The molecule has 0 unspecified atom stereocenters. The predicted octanol–water partition coefficient (Wildman–Crippen LogP) is 3.25. The monoisotopic (exact) mass is 324 g/mol. The van der Waals surface area contributed by atoms with Gasteiger partial charge in [0.15, 0.2) is 0 Å². The molecule has 1 saturated carbocycles. The molecule has 0 bridgehead atoms. The molecule has 0 aromatic heterocycles. The van der Waals surface area contributed by atoms with E-state index in [1.54, 1.807) is 0 Å². The largest absolute Gasteiger partial charge is 0.675 e. The first-order valence-corrected chi connectivity index (χ1v) is 4.41. The number of nitrogens with one attached hydrogen (secondary N) is 1. The Balaban J connectivity index is 0.000001000. The van der Waals surface area contributed by atoms with Crippen LogP contribution in [0.3, 0.4) is 0 Å². The second kappa shape index (κ2) is 5.32. The van der Waals surface area contributed by atoms with Crippen molar-refractivity contribution in [3.05, 3.63) is 5.73 Å². The fourth-order valence-corrected chi connectivity index (χ4v) is 1.79. The molecule has 0 saturated heterocycles. The number of hydrogen-bond acceptors (Lipinski definition) is 0. The molecule has 0 heterocycles. The van der Waals surface area contributed by atoms with Crippen LogP contribution in [-0.4, -0.2) is 6.04 Å². The third kappa shape index (κ3) is 3.71. The first-order chi connectivity index (χ1) is 4.70. The Labute approximate surface area is 84.4 Å². The van der Waals surface area contributed by atoms with E-state index in [0.29, 0.717) is 0 Å². The maximum atomic E-state index is 7.50. The minimum absolute atomic E-state index is 0. The summed E-state index contributed by atoms with van der Waals surface area (Å²) >= 11 is 0. The fraction of sp³-hybridized carbons (Fsp3) is 1.00. The molecule has 2 heteroatoms. The molecule has 0 aliphatic heterocycles. The van der Waals surface area contributed by atoms with Crippen LogP contribution in [0.25, 0.3) is 5.73 Å². The van der Waals surface area contributed by atoms with Gasteiger partial charge in [-0.1, -0.05) is 39.5 Å². The Morgan fingerprint density at radius 1 is 1.09 bits per heavy atom. The van der Waals surface area contributed by atoms with Gasteiger partial charge in [-0.05, 0) is 11.8 Å². The molecule has 1 N–H and O–H groups in total. The van der Waals surface area contributed by atoms with Gasteiger partial charge in [0.05, 0.1) is 0 Å². The molecule has 0 amide bonds. The van der Waals surface area contributed by atoms with E-state index in [9.17, 15) is 0 Å². The number of hydrogen-bond donors (Lipinski definition) is 0. The summed E-state index contributed by atoms with van der Waals surface area (Å²) in [6.45, 7) is 4.60. The summed E-state index contributed by atoms with van der Waals surface area (Å²) < 4.78 is 0. The van der Waals surface area contributed by atoms with Crippen molar-refractivity contribution in [1.29, 1.82) is 0 Å². The zero-order valence-electron chi connectivity index (χ0n) is 7.47. The van der Waals surface area contributed by atoms with Gasteiger partial charge in [0.2, 0.25) is 0 Å². The van der Waals surface area contributed by atoms with E-state index >= 15 is 0 Å². The van der Waals surface area contributed by atoms with Crippen LogP contribution in [0.5, 0.6) is 0 Å².